The average Bonchev–Trinajstić information content (AvgIpc) is 3.12. The third-order valence-electron chi connectivity index (χ3n) is 3.31. The van der Waals surface area contributed by atoms with E-state index in [0.717, 1.165) is 18.4 Å². The molecule has 1 aliphatic rings. The van der Waals surface area contributed by atoms with Crippen molar-refractivity contribution in [3.63, 3.8) is 0 Å². The Labute approximate surface area is 116 Å². The van der Waals surface area contributed by atoms with E-state index in [4.69, 9.17) is 28.3 Å². The number of rotatable bonds is 5. The van der Waals surface area contributed by atoms with Crippen molar-refractivity contribution >= 4 is 29.1 Å². The second kappa shape index (κ2) is 5.47. The van der Waals surface area contributed by atoms with Crippen LogP contribution in [0, 0.1) is 5.41 Å². The lowest BCUT2D eigenvalue weighted by atomic mass is 10.1. The lowest BCUT2D eigenvalue weighted by Gasteiger charge is -2.13. The van der Waals surface area contributed by atoms with Crippen molar-refractivity contribution in [2.24, 2.45) is 5.41 Å². The minimum Gasteiger partial charge on any atom is -0.396 e. The number of amides is 1. The fourth-order valence-electron chi connectivity index (χ4n) is 1.77. The summed E-state index contributed by atoms with van der Waals surface area (Å²) in [7, 11) is 0. The summed E-state index contributed by atoms with van der Waals surface area (Å²) >= 11 is 11.9. The highest BCUT2D eigenvalue weighted by Gasteiger charge is 2.41. The van der Waals surface area contributed by atoms with Crippen molar-refractivity contribution in [1.29, 1.82) is 0 Å². The molecule has 3 nitrogen and oxygen atoms in total. The molecule has 0 bridgehead atoms. The number of hydrogen-bond donors (Lipinski definition) is 2. The van der Waals surface area contributed by atoms with E-state index in [-0.39, 0.29) is 24.3 Å². The number of aliphatic hydroxyl groups excluding tert-OH is 1. The van der Waals surface area contributed by atoms with Gasteiger partial charge in [0.05, 0.1) is 13.0 Å². The molecular formula is C13H15Cl2NO2. The number of benzene rings is 1. The Morgan fingerprint density at radius 2 is 2.11 bits per heavy atom. The summed E-state index contributed by atoms with van der Waals surface area (Å²) in [6.07, 6.45) is 2.16. The summed E-state index contributed by atoms with van der Waals surface area (Å²) in [6, 6.07) is 5.07. The van der Waals surface area contributed by atoms with Crippen LogP contribution in [0.1, 0.15) is 18.4 Å². The Morgan fingerprint density at radius 1 is 1.39 bits per heavy atom. The van der Waals surface area contributed by atoms with Gasteiger partial charge in [0.1, 0.15) is 0 Å². The molecule has 0 aromatic heterocycles. The van der Waals surface area contributed by atoms with Crippen LogP contribution in [0.15, 0.2) is 18.2 Å². The molecule has 1 fully saturated rings. The zero-order valence-corrected chi connectivity index (χ0v) is 11.4. The Balaban J connectivity index is 1.89. The number of hydrogen-bond acceptors (Lipinski definition) is 2. The van der Waals surface area contributed by atoms with Crippen LogP contribution >= 0.6 is 23.2 Å². The van der Waals surface area contributed by atoms with E-state index in [2.05, 4.69) is 5.32 Å². The molecule has 5 heteroatoms. The molecular weight excluding hydrogens is 273 g/mol. The van der Waals surface area contributed by atoms with Crippen LogP contribution in [0.3, 0.4) is 0 Å². The fraction of sp³-hybridized carbons (Fsp3) is 0.462. The number of nitrogens with one attached hydrogen (secondary N) is 1. The first-order valence-corrected chi connectivity index (χ1v) is 6.62. The molecule has 0 unspecified atom stereocenters. The Morgan fingerprint density at radius 3 is 2.72 bits per heavy atom. The van der Waals surface area contributed by atoms with Gasteiger partial charge in [-0.2, -0.15) is 0 Å². The largest absolute Gasteiger partial charge is 0.396 e. The standard InChI is InChI=1S/C13H15Cl2NO2/c14-10-1-2-11(15)9(5-10)6-12(18)16-7-13(8-17)3-4-13/h1-2,5,17H,3-4,6-8H2,(H,16,18). The van der Waals surface area contributed by atoms with Crippen molar-refractivity contribution in [2.45, 2.75) is 19.3 Å². The first-order valence-electron chi connectivity index (χ1n) is 5.86. The molecule has 0 aliphatic heterocycles. The lowest BCUT2D eigenvalue weighted by Crippen LogP contribution is -2.32. The number of halogens is 2. The van der Waals surface area contributed by atoms with Crippen LogP contribution in [0.4, 0.5) is 0 Å². The molecule has 1 aromatic carbocycles. The molecule has 1 aromatic rings. The number of carbonyl (C=O) groups excluding carboxylic acids is 1. The normalized spacial score (nSPS) is 16.4. The van der Waals surface area contributed by atoms with Crippen LogP contribution < -0.4 is 5.32 Å². The number of aliphatic hydroxyl groups is 1. The quantitative estimate of drug-likeness (QED) is 0.874. The summed E-state index contributed by atoms with van der Waals surface area (Å²) in [5.41, 5.74) is 0.642. The van der Waals surface area contributed by atoms with Crippen LogP contribution in [0.25, 0.3) is 0 Å². The third kappa shape index (κ3) is 3.37. The number of carbonyl (C=O) groups is 1. The highest BCUT2D eigenvalue weighted by molar-refractivity contribution is 6.33. The Bertz CT molecular complexity index is 458. The van der Waals surface area contributed by atoms with Crippen LogP contribution in [0.2, 0.25) is 10.0 Å². The summed E-state index contributed by atoms with van der Waals surface area (Å²) in [5.74, 6) is -0.0982. The van der Waals surface area contributed by atoms with Crippen molar-refractivity contribution in [1.82, 2.24) is 5.32 Å². The zero-order valence-electron chi connectivity index (χ0n) is 9.88. The zero-order chi connectivity index (χ0) is 13.2. The van der Waals surface area contributed by atoms with E-state index in [1.807, 2.05) is 0 Å². The van der Waals surface area contributed by atoms with E-state index in [0.29, 0.717) is 16.6 Å². The molecule has 98 valence electrons. The lowest BCUT2D eigenvalue weighted by molar-refractivity contribution is -0.120. The van der Waals surface area contributed by atoms with Crippen molar-refractivity contribution in [3.05, 3.63) is 33.8 Å². The van der Waals surface area contributed by atoms with Gasteiger partial charge in [-0.05, 0) is 36.6 Å². The van der Waals surface area contributed by atoms with Crippen LogP contribution in [0.5, 0.6) is 0 Å². The van der Waals surface area contributed by atoms with Gasteiger partial charge in [0.15, 0.2) is 0 Å². The first-order chi connectivity index (χ1) is 8.54. The summed E-state index contributed by atoms with van der Waals surface area (Å²) in [4.78, 5) is 11.8. The van der Waals surface area contributed by atoms with Crippen LogP contribution in [-0.2, 0) is 11.2 Å². The van der Waals surface area contributed by atoms with Gasteiger partial charge < -0.3 is 10.4 Å². The predicted molar refractivity (Wildman–Crippen MR) is 71.9 cm³/mol. The maximum atomic E-state index is 11.8. The van der Waals surface area contributed by atoms with Gasteiger partial charge in [0.2, 0.25) is 5.91 Å². The highest BCUT2D eigenvalue weighted by atomic mass is 35.5. The molecule has 18 heavy (non-hydrogen) atoms. The molecule has 2 N–H and O–H groups in total. The SMILES string of the molecule is O=C(Cc1cc(Cl)ccc1Cl)NCC1(CO)CC1. The van der Waals surface area contributed by atoms with Crippen molar-refractivity contribution in [2.75, 3.05) is 13.2 Å². The molecule has 1 saturated carbocycles. The molecule has 0 heterocycles. The Hall–Kier alpha value is -0.770. The Kier molecular flexibility index (Phi) is 4.15. The van der Waals surface area contributed by atoms with Gasteiger partial charge in [0.25, 0.3) is 0 Å². The van der Waals surface area contributed by atoms with E-state index in [1.165, 1.54) is 0 Å². The third-order valence-corrected chi connectivity index (χ3v) is 3.92. The molecule has 0 atom stereocenters. The van der Waals surface area contributed by atoms with Gasteiger partial charge in [-0.25, -0.2) is 0 Å². The molecule has 0 spiro atoms. The maximum absolute atomic E-state index is 11.8. The average molecular weight is 288 g/mol. The van der Waals surface area contributed by atoms with Gasteiger partial charge in [-0.3, -0.25) is 4.79 Å². The second-order valence-corrected chi connectivity index (χ2v) is 5.69. The topological polar surface area (TPSA) is 49.3 Å². The maximum Gasteiger partial charge on any atom is 0.224 e. The first kappa shape index (κ1) is 13.7. The van der Waals surface area contributed by atoms with E-state index in [9.17, 15) is 4.79 Å². The second-order valence-electron chi connectivity index (χ2n) is 4.85. The smallest absolute Gasteiger partial charge is 0.224 e. The van der Waals surface area contributed by atoms with Crippen molar-refractivity contribution < 1.29 is 9.90 Å². The molecule has 1 aliphatic carbocycles. The van der Waals surface area contributed by atoms with Gasteiger partial charge in [-0.1, -0.05) is 23.2 Å². The monoisotopic (exact) mass is 287 g/mol. The van der Waals surface area contributed by atoms with Gasteiger partial charge in [0, 0.05) is 22.0 Å². The molecule has 1 amide bonds. The van der Waals surface area contributed by atoms with E-state index >= 15 is 0 Å². The van der Waals surface area contributed by atoms with Crippen molar-refractivity contribution in [3.8, 4) is 0 Å². The van der Waals surface area contributed by atoms with Gasteiger partial charge in [-0.15, -0.1) is 0 Å². The molecule has 2 rings (SSSR count). The van der Waals surface area contributed by atoms with Gasteiger partial charge >= 0.3 is 0 Å². The van der Waals surface area contributed by atoms with E-state index < -0.39 is 0 Å². The fourth-order valence-corrected chi connectivity index (χ4v) is 2.15. The highest BCUT2D eigenvalue weighted by Crippen LogP contribution is 2.44. The molecule has 0 saturated heterocycles. The molecule has 0 radical (unpaired) electrons. The summed E-state index contributed by atoms with van der Waals surface area (Å²) in [6.45, 7) is 0.658. The minimum atomic E-state index is -0.0982. The minimum absolute atomic E-state index is 0.0756. The summed E-state index contributed by atoms with van der Waals surface area (Å²) in [5, 5.41) is 13.1. The predicted octanol–water partition coefficient (Wildman–Crippen LogP) is 2.42. The van der Waals surface area contributed by atoms with E-state index in [1.54, 1.807) is 18.2 Å². The summed E-state index contributed by atoms with van der Waals surface area (Å²) < 4.78 is 0. The van der Waals surface area contributed by atoms with Crippen LogP contribution in [-0.4, -0.2) is 24.2 Å².